The lowest BCUT2D eigenvalue weighted by Gasteiger charge is -2.17. The molecule has 0 saturated heterocycles. The first-order valence-corrected chi connectivity index (χ1v) is 19.6. The van der Waals surface area contributed by atoms with Gasteiger partial charge in [-0.2, -0.15) is 0 Å². The predicted molar refractivity (Wildman–Crippen MR) is 242 cm³/mol. The van der Waals surface area contributed by atoms with Crippen LogP contribution in [0, 0.1) is 0 Å². The first-order valence-electron chi connectivity index (χ1n) is 19.6. The van der Waals surface area contributed by atoms with Crippen molar-refractivity contribution in [2.75, 3.05) is 0 Å². The Kier molecular flexibility index (Phi) is 6.90. The molecule has 4 heteroatoms. The minimum absolute atomic E-state index is 0.251. The second kappa shape index (κ2) is 12.3. The normalized spacial score (nSPS) is 11.9. The summed E-state index contributed by atoms with van der Waals surface area (Å²) in [7, 11) is 0. The van der Waals surface area contributed by atoms with E-state index in [2.05, 4.69) is 155 Å². The number of phenols is 2. The molecular formula is C54H34N2O2. The van der Waals surface area contributed by atoms with Gasteiger partial charge in [0.05, 0.1) is 22.1 Å². The van der Waals surface area contributed by atoms with Crippen molar-refractivity contribution in [1.82, 2.24) is 9.13 Å². The number of aromatic nitrogens is 2. The van der Waals surface area contributed by atoms with Gasteiger partial charge in [0.1, 0.15) is 11.5 Å². The fourth-order valence-corrected chi connectivity index (χ4v) is 9.46. The van der Waals surface area contributed by atoms with E-state index >= 15 is 0 Å². The minimum atomic E-state index is 0.251. The van der Waals surface area contributed by atoms with Crippen LogP contribution < -0.4 is 0 Å². The van der Waals surface area contributed by atoms with Crippen molar-refractivity contribution in [3.63, 3.8) is 0 Å². The molecule has 12 aromatic rings. The van der Waals surface area contributed by atoms with Crippen LogP contribution in [-0.4, -0.2) is 19.3 Å². The molecule has 272 valence electrons. The number of para-hydroxylation sites is 2. The lowest BCUT2D eigenvalue weighted by atomic mass is 9.87. The lowest BCUT2D eigenvalue weighted by molar-refractivity contribution is 0.474. The molecule has 12 rings (SSSR count). The number of benzene rings is 10. The van der Waals surface area contributed by atoms with Crippen LogP contribution in [0.15, 0.2) is 194 Å². The maximum atomic E-state index is 10.1. The Morgan fingerprint density at radius 3 is 1.02 bits per heavy atom. The molecule has 0 saturated carbocycles. The monoisotopic (exact) mass is 742 g/mol. The van der Waals surface area contributed by atoms with Crippen molar-refractivity contribution in [1.29, 1.82) is 0 Å². The van der Waals surface area contributed by atoms with E-state index in [1.807, 2.05) is 24.3 Å². The highest BCUT2D eigenvalue weighted by Crippen LogP contribution is 2.44. The lowest BCUT2D eigenvalue weighted by Crippen LogP contribution is -1.94. The molecule has 0 radical (unpaired) electrons. The van der Waals surface area contributed by atoms with E-state index in [0.29, 0.717) is 0 Å². The third-order valence-electron chi connectivity index (χ3n) is 12.1. The van der Waals surface area contributed by atoms with Gasteiger partial charge in [-0.15, -0.1) is 0 Å². The Bertz CT molecular complexity index is 3390. The van der Waals surface area contributed by atoms with E-state index in [1.54, 1.807) is 24.3 Å². The van der Waals surface area contributed by atoms with Crippen molar-refractivity contribution in [3.05, 3.63) is 194 Å². The zero-order valence-corrected chi connectivity index (χ0v) is 31.3. The molecule has 0 bridgehead atoms. The highest BCUT2D eigenvalue weighted by molar-refractivity contribution is 6.24. The summed E-state index contributed by atoms with van der Waals surface area (Å²) in [6.07, 6.45) is 0. The van der Waals surface area contributed by atoms with Crippen LogP contribution in [0.4, 0.5) is 0 Å². The van der Waals surface area contributed by atoms with Crippen LogP contribution in [-0.2, 0) is 0 Å². The Hall–Kier alpha value is -7.82. The molecule has 0 aliphatic heterocycles. The van der Waals surface area contributed by atoms with Gasteiger partial charge in [-0.25, -0.2) is 0 Å². The van der Waals surface area contributed by atoms with E-state index in [9.17, 15) is 10.2 Å². The molecule has 58 heavy (non-hydrogen) atoms. The van der Waals surface area contributed by atoms with Crippen LogP contribution in [0.25, 0.3) is 110 Å². The number of aromatic hydroxyl groups is 2. The Labute approximate surface area is 333 Å². The maximum Gasteiger partial charge on any atom is 0.115 e. The number of hydrogen-bond acceptors (Lipinski definition) is 2. The van der Waals surface area contributed by atoms with Gasteiger partial charge in [-0.1, -0.05) is 109 Å². The highest BCUT2D eigenvalue weighted by atomic mass is 16.3. The van der Waals surface area contributed by atoms with Gasteiger partial charge in [0.2, 0.25) is 0 Å². The SMILES string of the molecule is Oc1ccc(-n2c3ccccc3c3ccc(-c4cc5c6ccccc6c(-c6ccc7c8ccccc8n(-c8ccc(O)cc8)c7c6)cc5c5ccccc45)cc32)cc1. The van der Waals surface area contributed by atoms with Gasteiger partial charge in [-0.05, 0) is 140 Å². The van der Waals surface area contributed by atoms with Crippen LogP contribution >= 0.6 is 0 Å². The van der Waals surface area contributed by atoms with Gasteiger partial charge in [0, 0.05) is 32.9 Å². The van der Waals surface area contributed by atoms with E-state index < -0.39 is 0 Å². The fraction of sp³-hybridized carbons (Fsp3) is 0. The first-order chi connectivity index (χ1) is 28.6. The summed E-state index contributed by atoms with van der Waals surface area (Å²) in [5.74, 6) is 0.502. The van der Waals surface area contributed by atoms with E-state index in [1.165, 1.54) is 65.0 Å². The highest BCUT2D eigenvalue weighted by Gasteiger charge is 2.19. The zero-order chi connectivity index (χ0) is 38.5. The topological polar surface area (TPSA) is 50.3 Å². The summed E-state index contributed by atoms with van der Waals surface area (Å²) in [4.78, 5) is 0. The van der Waals surface area contributed by atoms with Gasteiger partial charge < -0.3 is 19.3 Å². The predicted octanol–water partition coefficient (Wildman–Crippen LogP) is 14.1. The average molecular weight is 743 g/mol. The van der Waals surface area contributed by atoms with E-state index in [4.69, 9.17) is 0 Å². The molecule has 0 amide bonds. The average Bonchev–Trinajstić information content (AvgIpc) is 3.78. The number of nitrogens with zero attached hydrogens (tertiary/aromatic N) is 2. The van der Waals surface area contributed by atoms with Crippen molar-refractivity contribution in [3.8, 4) is 45.1 Å². The second-order valence-corrected chi connectivity index (χ2v) is 15.2. The largest absolute Gasteiger partial charge is 0.508 e. The molecule has 0 aliphatic carbocycles. The molecule has 0 unspecified atom stereocenters. The molecular weight excluding hydrogens is 709 g/mol. The van der Waals surface area contributed by atoms with E-state index in [-0.39, 0.29) is 11.5 Å². The smallest absolute Gasteiger partial charge is 0.115 e. The summed E-state index contributed by atoms with van der Waals surface area (Å²) in [6, 6.07) is 68.1. The third-order valence-corrected chi connectivity index (χ3v) is 12.1. The fourth-order valence-electron chi connectivity index (χ4n) is 9.46. The zero-order valence-electron chi connectivity index (χ0n) is 31.3. The molecule has 4 nitrogen and oxygen atoms in total. The van der Waals surface area contributed by atoms with Crippen LogP contribution in [0.3, 0.4) is 0 Å². The van der Waals surface area contributed by atoms with Crippen molar-refractivity contribution in [2.24, 2.45) is 0 Å². The molecule has 0 fully saturated rings. The van der Waals surface area contributed by atoms with Gasteiger partial charge >= 0.3 is 0 Å². The molecule has 2 N–H and O–H groups in total. The van der Waals surface area contributed by atoms with Gasteiger partial charge in [-0.3, -0.25) is 0 Å². The van der Waals surface area contributed by atoms with Crippen molar-refractivity contribution >= 4 is 75.9 Å². The number of phenolic OH excluding ortho intramolecular Hbond substituents is 2. The summed E-state index contributed by atoms with van der Waals surface area (Å²) in [5.41, 5.74) is 11.2. The third kappa shape index (κ3) is 4.76. The minimum Gasteiger partial charge on any atom is -0.508 e. The quantitative estimate of drug-likeness (QED) is 0.176. The Morgan fingerprint density at radius 2 is 0.603 bits per heavy atom. The molecule has 10 aromatic carbocycles. The standard InChI is InChI=1S/C54H34N2O2/c57-37-23-19-35(20-24-37)55-51-15-7-5-13-43(51)45-27-17-33(29-53(45)55)47-31-50-42-12-4-2-10-40(42)48(32-49(50)41-11-3-1-9-39(41)47)34-18-28-46-44-14-6-8-16-52(44)56(54(46)30-34)36-21-25-38(58)26-22-36/h1-32,57-58H. The van der Waals surface area contributed by atoms with Crippen LogP contribution in [0.1, 0.15) is 0 Å². The maximum absolute atomic E-state index is 10.1. The molecule has 0 spiro atoms. The molecule has 2 aromatic heterocycles. The Morgan fingerprint density at radius 1 is 0.259 bits per heavy atom. The molecule has 2 heterocycles. The van der Waals surface area contributed by atoms with Crippen LogP contribution in [0.5, 0.6) is 11.5 Å². The Balaban J connectivity index is 1.11. The number of hydrogen-bond donors (Lipinski definition) is 2. The summed E-state index contributed by atoms with van der Waals surface area (Å²) in [5, 5.41) is 32.3. The first kappa shape index (κ1) is 32.4. The van der Waals surface area contributed by atoms with Gasteiger partial charge in [0.25, 0.3) is 0 Å². The second-order valence-electron chi connectivity index (χ2n) is 15.2. The van der Waals surface area contributed by atoms with Crippen molar-refractivity contribution < 1.29 is 10.2 Å². The number of rotatable bonds is 4. The van der Waals surface area contributed by atoms with Gasteiger partial charge in [0.15, 0.2) is 0 Å². The van der Waals surface area contributed by atoms with E-state index in [0.717, 1.165) is 44.6 Å². The summed E-state index contributed by atoms with van der Waals surface area (Å²) in [6.45, 7) is 0. The van der Waals surface area contributed by atoms with Crippen molar-refractivity contribution in [2.45, 2.75) is 0 Å². The summed E-state index contributed by atoms with van der Waals surface area (Å²) < 4.78 is 4.60. The van der Waals surface area contributed by atoms with Crippen LogP contribution in [0.2, 0.25) is 0 Å². The molecule has 0 aliphatic rings. The summed E-state index contributed by atoms with van der Waals surface area (Å²) >= 11 is 0. The molecule has 0 atom stereocenters. The number of fused-ring (bicyclic) bond motifs is 11.